The summed E-state index contributed by atoms with van der Waals surface area (Å²) in [6.45, 7) is 0.408. The van der Waals surface area contributed by atoms with E-state index < -0.39 is 10.0 Å². The van der Waals surface area contributed by atoms with Crippen LogP contribution in [0.2, 0.25) is 0 Å². The number of anilines is 2. The Kier molecular flexibility index (Phi) is 2.30. The number of hydrogen-bond donors (Lipinski definition) is 2. The van der Waals surface area contributed by atoms with Crippen LogP contribution >= 0.6 is 0 Å². The lowest BCUT2D eigenvalue weighted by Crippen LogP contribution is -2.30. The highest BCUT2D eigenvalue weighted by Gasteiger charge is 2.33. The number of hydrogen-bond acceptors (Lipinski definition) is 4. The molecule has 0 saturated heterocycles. The molecular weight excluding hydrogens is 252 g/mol. The number of nitrogens with one attached hydrogen (secondary N) is 1. The average molecular weight is 264 g/mol. The Morgan fingerprint density at radius 2 is 2.17 bits per heavy atom. The second-order valence-electron chi connectivity index (χ2n) is 4.10. The molecule has 1 aromatic carbocycles. The minimum Gasteiger partial charge on any atom is -0.397 e. The number of aromatic nitrogens is 2. The molecule has 0 atom stereocenters. The van der Waals surface area contributed by atoms with E-state index in [-0.39, 0.29) is 5.03 Å². The Labute approximate surface area is 104 Å². The van der Waals surface area contributed by atoms with Crippen molar-refractivity contribution in [2.75, 3.05) is 16.6 Å². The summed E-state index contributed by atoms with van der Waals surface area (Å²) in [6, 6.07) is 6.88. The molecule has 94 valence electrons. The van der Waals surface area contributed by atoms with E-state index in [9.17, 15) is 8.42 Å². The first-order valence-electron chi connectivity index (χ1n) is 5.50. The third kappa shape index (κ3) is 1.47. The quantitative estimate of drug-likeness (QED) is 0.783. The second-order valence-corrected chi connectivity index (χ2v) is 5.93. The number of sulfonamides is 1. The van der Waals surface area contributed by atoms with Crippen LogP contribution in [0.15, 0.2) is 35.5 Å². The van der Waals surface area contributed by atoms with Gasteiger partial charge in [0.15, 0.2) is 5.03 Å². The molecular formula is C11H12N4O2S. The van der Waals surface area contributed by atoms with Gasteiger partial charge in [-0.3, -0.25) is 9.40 Å². The molecule has 1 aliphatic heterocycles. The average Bonchev–Trinajstić information content (AvgIpc) is 2.99. The molecule has 0 fully saturated rings. The van der Waals surface area contributed by atoms with Crippen LogP contribution in [0.5, 0.6) is 0 Å². The van der Waals surface area contributed by atoms with Gasteiger partial charge in [-0.05, 0) is 24.1 Å². The molecule has 0 aliphatic carbocycles. The van der Waals surface area contributed by atoms with Crippen LogP contribution in [-0.2, 0) is 16.4 Å². The van der Waals surface area contributed by atoms with E-state index in [0.717, 1.165) is 5.56 Å². The SMILES string of the molecule is Nc1cccc2c1N(S(=O)(=O)c1ccn[nH]1)CC2. The molecule has 3 rings (SSSR count). The van der Waals surface area contributed by atoms with Crippen molar-refractivity contribution in [2.45, 2.75) is 11.4 Å². The highest BCUT2D eigenvalue weighted by Crippen LogP contribution is 2.36. The van der Waals surface area contributed by atoms with Crippen LogP contribution in [-0.4, -0.2) is 25.2 Å². The number of rotatable bonds is 2. The first-order valence-corrected chi connectivity index (χ1v) is 6.94. The van der Waals surface area contributed by atoms with Crippen LogP contribution < -0.4 is 10.0 Å². The predicted octanol–water partition coefficient (Wildman–Crippen LogP) is 0.743. The lowest BCUT2D eigenvalue weighted by Gasteiger charge is -2.19. The second kappa shape index (κ2) is 3.74. The molecule has 1 aromatic heterocycles. The van der Waals surface area contributed by atoms with Gasteiger partial charge in [0, 0.05) is 6.54 Å². The van der Waals surface area contributed by atoms with Gasteiger partial charge in [-0.2, -0.15) is 13.5 Å². The van der Waals surface area contributed by atoms with E-state index in [1.165, 1.54) is 16.6 Å². The summed E-state index contributed by atoms with van der Waals surface area (Å²) in [5.41, 5.74) is 7.91. The summed E-state index contributed by atoms with van der Waals surface area (Å²) in [5.74, 6) is 0. The highest BCUT2D eigenvalue weighted by molar-refractivity contribution is 7.92. The lowest BCUT2D eigenvalue weighted by molar-refractivity contribution is 0.588. The van der Waals surface area contributed by atoms with E-state index in [4.69, 9.17) is 5.73 Å². The Morgan fingerprint density at radius 1 is 1.33 bits per heavy atom. The van der Waals surface area contributed by atoms with Gasteiger partial charge in [0.05, 0.1) is 17.6 Å². The predicted molar refractivity (Wildman–Crippen MR) is 67.7 cm³/mol. The fourth-order valence-corrected chi connectivity index (χ4v) is 3.63. The van der Waals surface area contributed by atoms with Crippen LogP contribution in [0.4, 0.5) is 11.4 Å². The van der Waals surface area contributed by atoms with Crippen molar-refractivity contribution < 1.29 is 8.42 Å². The zero-order chi connectivity index (χ0) is 12.8. The summed E-state index contributed by atoms with van der Waals surface area (Å²) in [6.07, 6.45) is 2.09. The number of nitrogens with two attached hydrogens (primary N) is 1. The molecule has 1 aliphatic rings. The van der Waals surface area contributed by atoms with Crippen molar-refractivity contribution in [3.05, 3.63) is 36.0 Å². The maximum absolute atomic E-state index is 12.4. The summed E-state index contributed by atoms with van der Waals surface area (Å²) in [7, 11) is -3.60. The van der Waals surface area contributed by atoms with Crippen LogP contribution in [0.25, 0.3) is 0 Å². The normalized spacial score (nSPS) is 14.8. The van der Waals surface area contributed by atoms with Crippen molar-refractivity contribution in [3.63, 3.8) is 0 Å². The van der Waals surface area contributed by atoms with E-state index >= 15 is 0 Å². The van der Waals surface area contributed by atoms with Crippen molar-refractivity contribution in [1.29, 1.82) is 0 Å². The van der Waals surface area contributed by atoms with Gasteiger partial charge in [-0.1, -0.05) is 12.1 Å². The fraction of sp³-hybridized carbons (Fsp3) is 0.182. The molecule has 7 heteroatoms. The molecule has 18 heavy (non-hydrogen) atoms. The first kappa shape index (κ1) is 11.1. The molecule has 0 saturated carbocycles. The van der Waals surface area contributed by atoms with E-state index in [2.05, 4.69) is 10.2 Å². The maximum atomic E-state index is 12.4. The minimum atomic E-state index is -3.60. The smallest absolute Gasteiger partial charge is 0.281 e. The number of benzene rings is 1. The summed E-state index contributed by atoms with van der Waals surface area (Å²) < 4.78 is 26.2. The van der Waals surface area contributed by atoms with Crippen LogP contribution in [0.1, 0.15) is 5.56 Å². The fourth-order valence-electron chi connectivity index (χ4n) is 2.20. The number of fused-ring (bicyclic) bond motifs is 1. The van der Waals surface area contributed by atoms with Crippen molar-refractivity contribution in [2.24, 2.45) is 0 Å². The number of H-pyrrole nitrogens is 1. The molecule has 0 bridgehead atoms. The van der Waals surface area contributed by atoms with Crippen LogP contribution in [0, 0.1) is 0 Å². The maximum Gasteiger partial charge on any atom is 0.281 e. The number of nitrogens with zero attached hydrogens (tertiary/aromatic N) is 2. The van der Waals surface area contributed by atoms with Gasteiger partial charge in [-0.15, -0.1) is 0 Å². The molecule has 0 amide bonds. The first-order chi connectivity index (χ1) is 8.60. The third-order valence-electron chi connectivity index (χ3n) is 3.03. The van der Waals surface area contributed by atoms with Crippen molar-refractivity contribution in [3.8, 4) is 0 Å². The van der Waals surface area contributed by atoms with Gasteiger partial charge in [0.1, 0.15) is 0 Å². The number of para-hydroxylation sites is 1. The molecule has 3 N–H and O–H groups in total. The van der Waals surface area contributed by atoms with Crippen molar-refractivity contribution in [1.82, 2.24) is 10.2 Å². The minimum absolute atomic E-state index is 0.0820. The Morgan fingerprint density at radius 3 is 2.89 bits per heavy atom. The summed E-state index contributed by atoms with van der Waals surface area (Å²) in [5, 5.41) is 6.24. The largest absolute Gasteiger partial charge is 0.397 e. The van der Waals surface area contributed by atoms with Crippen LogP contribution in [0.3, 0.4) is 0 Å². The third-order valence-corrected chi connectivity index (χ3v) is 4.76. The standard InChI is InChI=1S/C11H12N4O2S/c12-9-3-1-2-8-5-7-15(11(8)9)18(16,17)10-4-6-13-14-10/h1-4,6H,5,7,12H2,(H,13,14). The molecule has 2 aromatic rings. The zero-order valence-electron chi connectivity index (χ0n) is 9.50. The topological polar surface area (TPSA) is 92.1 Å². The van der Waals surface area contributed by atoms with E-state index in [1.807, 2.05) is 12.1 Å². The summed E-state index contributed by atoms with van der Waals surface area (Å²) in [4.78, 5) is 0. The monoisotopic (exact) mass is 264 g/mol. The Hall–Kier alpha value is -2.02. The van der Waals surface area contributed by atoms with E-state index in [1.54, 1.807) is 6.07 Å². The molecule has 2 heterocycles. The molecule has 6 nitrogen and oxygen atoms in total. The summed E-state index contributed by atoms with van der Waals surface area (Å²) >= 11 is 0. The number of aromatic amines is 1. The molecule has 0 unspecified atom stereocenters. The molecule has 0 spiro atoms. The van der Waals surface area contributed by atoms with Crippen molar-refractivity contribution >= 4 is 21.4 Å². The van der Waals surface area contributed by atoms with Gasteiger partial charge < -0.3 is 5.73 Å². The van der Waals surface area contributed by atoms with Gasteiger partial charge in [0.2, 0.25) is 0 Å². The van der Waals surface area contributed by atoms with Gasteiger partial charge in [-0.25, -0.2) is 0 Å². The van der Waals surface area contributed by atoms with Gasteiger partial charge in [0.25, 0.3) is 10.0 Å². The highest BCUT2D eigenvalue weighted by atomic mass is 32.2. The Balaban J connectivity index is 2.13. The van der Waals surface area contributed by atoms with E-state index in [0.29, 0.717) is 24.3 Å². The zero-order valence-corrected chi connectivity index (χ0v) is 10.3. The Bertz CT molecular complexity index is 679. The lowest BCUT2D eigenvalue weighted by atomic mass is 10.1. The van der Waals surface area contributed by atoms with Gasteiger partial charge >= 0.3 is 0 Å². The molecule has 0 radical (unpaired) electrons. The number of nitrogen functional groups attached to an aromatic ring is 1.